The van der Waals surface area contributed by atoms with Gasteiger partial charge < -0.3 is 9.64 Å². The van der Waals surface area contributed by atoms with Crippen LogP contribution in [0.1, 0.15) is 46.3 Å². The van der Waals surface area contributed by atoms with E-state index in [1.165, 1.54) is 12.1 Å². The molecule has 3 heterocycles. The molecule has 3 aromatic rings. The third kappa shape index (κ3) is 4.87. The molecule has 0 bridgehead atoms. The molecule has 1 fully saturated rings. The van der Waals surface area contributed by atoms with Crippen molar-refractivity contribution in [3.63, 3.8) is 0 Å². The van der Waals surface area contributed by atoms with Gasteiger partial charge in [0.2, 0.25) is 0 Å². The number of H-pyrrole nitrogens is 1. The zero-order valence-electron chi connectivity index (χ0n) is 16.6. The smallest absolute Gasteiger partial charge is 0.416 e. The highest BCUT2D eigenvalue weighted by molar-refractivity contribution is 5.92. The van der Waals surface area contributed by atoms with E-state index in [1.54, 1.807) is 29.3 Å². The van der Waals surface area contributed by atoms with Crippen LogP contribution in [-0.2, 0) is 12.6 Å². The number of hydrogen-bond donors (Lipinski definition) is 1. The van der Waals surface area contributed by atoms with Crippen molar-refractivity contribution in [2.45, 2.75) is 31.5 Å². The molecule has 1 unspecified atom stereocenters. The van der Waals surface area contributed by atoms with Gasteiger partial charge in [-0.25, -0.2) is 0 Å². The summed E-state index contributed by atoms with van der Waals surface area (Å²) in [5.74, 6) is 0.0398. The van der Waals surface area contributed by atoms with Crippen molar-refractivity contribution in [3.8, 4) is 5.75 Å². The molecule has 0 spiro atoms. The van der Waals surface area contributed by atoms with Gasteiger partial charge in [-0.1, -0.05) is 12.1 Å². The van der Waals surface area contributed by atoms with Gasteiger partial charge in [-0.15, -0.1) is 0 Å². The summed E-state index contributed by atoms with van der Waals surface area (Å²) < 4.78 is 43.9. The fourth-order valence-corrected chi connectivity index (χ4v) is 3.67. The van der Waals surface area contributed by atoms with Crippen LogP contribution in [0.25, 0.3) is 0 Å². The first-order chi connectivity index (χ1) is 14.9. The fourth-order valence-electron chi connectivity index (χ4n) is 3.67. The Labute approximate surface area is 177 Å². The van der Waals surface area contributed by atoms with Gasteiger partial charge >= 0.3 is 6.18 Å². The first-order valence-corrected chi connectivity index (χ1v) is 9.98. The Balaban J connectivity index is 1.37. The number of aromatic nitrogens is 3. The number of nitrogens with zero attached hydrogens (tertiary/aromatic N) is 3. The Bertz CT molecular complexity index is 1040. The molecule has 2 aromatic heterocycles. The molecule has 1 saturated heterocycles. The van der Waals surface area contributed by atoms with Crippen molar-refractivity contribution in [3.05, 3.63) is 77.4 Å². The zero-order chi connectivity index (χ0) is 21.8. The van der Waals surface area contributed by atoms with E-state index in [9.17, 15) is 18.0 Å². The first-order valence-electron chi connectivity index (χ1n) is 9.98. The molecule has 1 aromatic carbocycles. The van der Waals surface area contributed by atoms with Gasteiger partial charge in [0.05, 0.1) is 23.9 Å². The Morgan fingerprint density at radius 1 is 1.19 bits per heavy atom. The van der Waals surface area contributed by atoms with Crippen molar-refractivity contribution < 1.29 is 22.7 Å². The number of alkyl halides is 3. The van der Waals surface area contributed by atoms with Crippen LogP contribution >= 0.6 is 0 Å². The Kier molecular flexibility index (Phi) is 5.92. The second kappa shape index (κ2) is 8.79. The van der Waals surface area contributed by atoms with Gasteiger partial charge in [-0.3, -0.25) is 14.9 Å². The number of pyridine rings is 1. The number of carbonyl (C=O) groups is 1. The molecule has 0 saturated carbocycles. The summed E-state index contributed by atoms with van der Waals surface area (Å²) in [5.41, 5.74) is 1.21. The van der Waals surface area contributed by atoms with E-state index in [0.717, 1.165) is 36.4 Å². The predicted molar refractivity (Wildman–Crippen MR) is 106 cm³/mol. The van der Waals surface area contributed by atoms with Crippen LogP contribution in [0.15, 0.2) is 54.7 Å². The van der Waals surface area contributed by atoms with Gasteiger partial charge in [0.25, 0.3) is 5.91 Å². The molecular formula is C22H21F3N4O2. The topological polar surface area (TPSA) is 71.1 Å². The minimum Gasteiger partial charge on any atom is -0.493 e. The number of rotatable bonds is 6. The molecule has 1 aliphatic heterocycles. The van der Waals surface area contributed by atoms with E-state index >= 15 is 0 Å². The monoisotopic (exact) mass is 430 g/mol. The highest BCUT2D eigenvalue weighted by Crippen LogP contribution is 2.33. The first kappa shape index (κ1) is 20.9. The molecule has 31 heavy (non-hydrogen) atoms. The predicted octanol–water partition coefficient (Wildman–Crippen LogP) is 4.42. The third-order valence-corrected chi connectivity index (χ3v) is 5.19. The highest BCUT2D eigenvalue weighted by atomic mass is 19.4. The van der Waals surface area contributed by atoms with E-state index in [0.29, 0.717) is 18.7 Å². The summed E-state index contributed by atoms with van der Waals surface area (Å²) in [4.78, 5) is 18.7. The number of nitrogens with one attached hydrogen (secondary N) is 1. The number of hydrogen-bond acceptors (Lipinski definition) is 4. The number of ether oxygens (including phenoxy) is 1. The lowest BCUT2D eigenvalue weighted by Crippen LogP contribution is -2.31. The minimum atomic E-state index is -4.41. The number of aromatic amines is 1. The van der Waals surface area contributed by atoms with E-state index < -0.39 is 11.7 Å². The molecule has 1 amide bonds. The lowest BCUT2D eigenvalue weighted by Gasteiger charge is -2.22. The second-order valence-corrected chi connectivity index (χ2v) is 7.31. The van der Waals surface area contributed by atoms with E-state index in [1.807, 2.05) is 6.07 Å². The summed E-state index contributed by atoms with van der Waals surface area (Å²) in [6, 6.07) is 11.8. The van der Waals surface area contributed by atoms with E-state index in [2.05, 4.69) is 15.2 Å². The normalized spacial score (nSPS) is 16.5. The van der Waals surface area contributed by atoms with E-state index in [-0.39, 0.29) is 24.3 Å². The number of amides is 1. The summed E-state index contributed by atoms with van der Waals surface area (Å²) in [5, 5.41) is 7.29. The minimum absolute atomic E-state index is 0.125. The van der Waals surface area contributed by atoms with Gasteiger partial charge in [0.1, 0.15) is 11.4 Å². The number of halogens is 3. The average molecular weight is 430 g/mol. The highest BCUT2D eigenvalue weighted by Gasteiger charge is 2.33. The van der Waals surface area contributed by atoms with Crippen LogP contribution < -0.4 is 4.74 Å². The second-order valence-electron chi connectivity index (χ2n) is 7.31. The molecular weight excluding hydrogens is 409 g/mol. The zero-order valence-corrected chi connectivity index (χ0v) is 16.6. The SMILES string of the molecule is O=C(c1ccccn1)N1CCCC1c1cc(CCOc2cccc(C(F)(F)F)c2)[nH]n1. The van der Waals surface area contributed by atoms with Crippen molar-refractivity contribution in [2.24, 2.45) is 0 Å². The molecule has 1 aliphatic rings. The van der Waals surface area contributed by atoms with Crippen LogP contribution in [-0.4, -0.2) is 39.1 Å². The third-order valence-electron chi connectivity index (χ3n) is 5.19. The lowest BCUT2D eigenvalue weighted by molar-refractivity contribution is -0.137. The van der Waals surface area contributed by atoms with Crippen LogP contribution in [0.3, 0.4) is 0 Å². The van der Waals surface area contributed by atoms with Crippen molar-refractivity contribution >= 4 is 5.91 Å². The summed E-state index contributed by atoms with van der Waals surface area (Å²) in [6.45, 7) is 0.838. The standard InChI is InChI=1S/C22H21F3N4O2/c23-22(24,25)15-5-3-6-17(13-15)31-12-9-16-14-19(28-27-16)20-8-4-11-29(20)21(30)18-7-1-2-10-26-18/h1-3,5-7,10,13-14,20H,4,8-9,11-12H2,(H,27,28). The average Bonchev–Trinajstić information content (AvgIpc) is 3.43. The molecule has 0 aliphatic carbocycles. The maximum atomic E-state index is 12.8. The molecule has 0 radical (unpaired) electrons. The van der Waals surface area contributed by atoms with Crippen LogP contribution in [0, 0.1) is 0 Å². The Hall–Kier alpha value is -3.36. The Morgan fingerprint density at radius 2 is 2.06 bits per heavy atom. The van der Waals surface area contributed by atoms with Crippen molar-refractivity contribution in [1.82, 2.24) is 20.1 Å². The fraction of sp³-hybridized carbons (Fsp3) is 0.318. The maximum Gasteiger partial charge on any atom is 0.416 e. The summed E-state index contributed by atoms with van der Waals surface area (Å²) >= 11 is 0. The Morgan fingerprint density at radius 3 is 2.84 bits per heavy atom. The lowest BCUT2D eigenvalue weighted by atomic mass is 10.1. The van der Waals surface area contributed by atoms with Crippen LogP contribution in [0.5, 0.6) is 5.75 Å². The van der Waals surface area contributed by atoms with E-state index in [4.69, 9.17) is 4.74 Å². The summed E-state index contributed by atoms with van der Waals surface area (Å²) in [6.07, 6.45) is -0.676. The number of carbonyl (C=O) groups excluding carboxylic acids is 1. The van der Waals surface area contributed by atoms with Gasteiger partial charge in [-0.05, 0) is 49.2 Å². The van der Waals surface area contributed by atoms with Crippen LogP contribution in [0.2, 0.25) is 0 Å². The molecule has 4 rings (SSSR count). The van der Waals surface area contributed by atoms with Crippen LogP contribution in [0.4, 0.5) is 13.2 Å². The molecule has 1 N–H and O–H groups in total. The number of likely N-dealkylation sites (tertiary alicyclic amines) is 1. The van der Waals surface area contributed by atoms with Crippen molar-refractivity contribution in [2.75, 3.05) is 13.2 Å². The largest absolute Gasteiger partial charge is 0.493 e. The quantitative estimate of drug-likeness (QED) is 0.628. The van der Waals surface area contributed by atoms with Gasteiger partial charge in [0.15, 0.2) is 0 Å². The van der Waals surface area contributed by atoms with Gasteiger partial charge in [-0.2, -0.15) is 18.3 Å². The number of benzene rings is 1. The molecule has 6 nitrogen and oxygen atoms in total. The maximum absolute atomic E-state index is 12.8. The van der Waals surface area contributed by atoms with Gasteiger partial charge in [0, 0.05) is 24.9 Å². The molecule has 9 heteroatoms. The molecule has 1 atom stereocenters. The molecule has 162 valence electrons. The van der Waals surface area contributed by atoms with Crippen molar-refractivity contribution in [1.29, 1.82) is 0 Å². The summed E-state index contributed by atoms with van der Waals surface area (Å²) in [7, 11) is 0.